The highest BCUT2D eigenvalue weighted by molar-refractivity contribution is 7.86. The van der Waals surface area contributed by atoms with Gasteiger partial charge in [-0.1, -0.05) is 6.42 Å². The van der Waals surface area contributed by atoms with Crippen molar-refractivity contribution >= 4 is 10.2 Å². The van der Waals surface area contributed by atoms with E-state index in [0.717, 1.165) is 32.4 Å². The number of nitrogens with two attached hydrogens (primary N) is 1. The van der Waals surface area contributed by atoms with E-state index in [1.165, 1.54) is 12.8 Å². The Kier molecular flexibility index (Phi) is 4.85. The van der Waals surface area contributed by atoms with Gasteiger partial charge >= 0.3 is 0 Å². The summed E-state index contributed by atoms with van der Waals surface area (Å²) in [5.41, 5.74) is 5.73. The van der Waals surface area contributed by atoms with E-state index in [4.69, 9.17) is 5.73 Å². The number of hydrogen-bond donors (Lipinski definition) is 1. The van der Waals surface area contributed by atoms with Crippen LogP contribution in [0, 0.1) is 5.92 Å². The van der Waals surface area contributed by atoms with E-state index in [2.05, 4.69) is 4.90 Å². The standard InChI is InChI=1S/C14H28N4O2S/c15-10-13-4-3-7-17(11-13)21(19,20)18-9-8-16-6-2-1-5-14(16)12-18/h13-14H,1-12,15H2. The van der Waals surface area contributed by atoms with Crippen molar-refractivity contribution in [2.24, 2.45) is 11.7 Å². The number of nitrogens with zero attached hydrogens (tertiary/aromatic N) is 3. The maximum absolute atomic E-state index is 12.9. The van der Waals surface area contributed by atoms with Crippen LogP contribution >= 0.6 is 0 Å². The van der Waals surface area contributed by atoms with Crippen molar-refractivity contribution in [3.05, 3.63) is 0 Å². The molecule has 3 heterocycles. The van der Waals surface area contributed by atoms with Gasteiger partial charge in [-0.05, 0) is 44.7 Å². The van der Waals surface area contributed by atoms with Crippen molar-refractivity contribution in [3.8, 4) is 0 Å². The summed E-state index contributed by atoms with van der Waals surface area (Å²) in [5, 5.41) is 0. The summed E-state index contributed by atoms with van der Waals surface area (Å²) in [6, 6.07) is 0.428. The quantitative estimate of drug-likeness (QED) is 0.800. The topological polar surface area (TPSA) is 69.9 Å². The zero-order valence-electron chi connectivity index (χ0n) is 12.8. The minimum absolute atomic E-state index is 0.324. The maximum atomic E-state index is 12.9. The molecule has 0 saturated carbocycles. The van der Waals surface area contributed by atoms with Gasteiger partial charge in [0.25, 0.3) is 10.2 Å². The zero-order chi connectivity index (χ0) is 14.9. The molecule has 2 atom stereocenters. The van der Waals surface area contributed by atoms with Crippen LogP contribution < -0.4 is 5.73 Å². The Balaban J connectivity index is 1.67. The molecular weight excluding hydrogens is 288 g/mol. The minimum Gasteiger partial charge on any atom is -0.330 e. The summed E-state index contributed by atoms with van der Waals surface area (Å²) in [5.74, 6) is 0.324. The maximum Gasteiger partial charge on any atom is 0.282 e. The van der Waals surface area contributed by atoms with Crippen molar-refractivity contribution in [3.63, 3.8) is 0 Å². The summed E-state index contributed by atoms with van der Waals surface area (Å²) in [4.78, 5) is 2.47. The lowest BCUT2D eigenvalue weighted by molar-refractivity contribution is 0.0810. The van der Waals surface area contributed by atoms with Crippen LogP contribution in [-0.2, 0) is 10.2 Å². The Labute approximate surface area is 128 Å². The Hall–Kier alpha value is -0.210. The van der Waals surface area contributed by atoms with Gasteiger partial charge in [0.1, 0.15) is 0 Å². The van der Waals surface area contributed by atoms with E-state index in [1.54, 1.807) is 8.61 Å². The molecule has 3 aliphatic heterocycles. The normalized spacial score (nSPS) is 33.8. The fourth-order valence-electron chi connectivity index (χ4n) is 3.93. The van der Waals surface area contributed by atoms with Crippen LogP contribution in [0.15, 0.2) is 0 Å². The summed E-state index contributed by atoms with van der Waals surface area (Å²) >= 11 is 0. The molecule has 0 bridgehead atoms. The van der Waals surface area contributed by atoms with Gasteiger partial charge in [0.15, 0.2) is 0 Å². The van der Waals surface area contributed by atoms with Crippen molar-refractivity contribution in [1.82, 2.24) is 13.5 Å². The fourth-order valence-corrected chi connectivity index (χ4v) is 5.69. The largest absolute Gasteiger partial charge is 0.330 e. The predicted octanol–water partition coefficient (Wildman–Crippen LogP) is 0.0720. The SMILES string of the molecule is NCC1CCCN(S(=O)(=O)N2CCN3CCCCC3C2)C1. The molecule has 0 aromatic heterocycles. The highest BCUT2D eigenvalue weighted by Gasteiger charge is 2.38. The van der Waals surface area contributed by atoms with Gasteiger partial charge in [-0.25, -0.2) is 0 Å². The molecule has 3 rings (SSSR count). The highest BCUT2D eigenvalue weighted by Crippen LogP contribution is 2.26. The first-order valence-electron chi connectivity index (χ1n) is 8.30. The molecule has 0 aromatic carbocycles. The van der Waals surface area contributed by atoms with Crippen LogP contribution in [0.25, 0.3) is 0 Å². The molecule has 3 fully saturated rings. The second kappa shape index (κ2) is 6.50. The van der Waals surface area contributed by atoms with E-state index in [0.29, 0.717) is 44.7 Å². The van der Waals surface area contributed by atoms with Gasteiger partial charge in [0, 0.05) is 38.8 Å². The molecule has 21 heavy (non-hydrogen) atoms. The second-order valence-corrected chi connectivity index (χ2v) is 8.58. The molecule has 0 spiro atoms. The lowest BCUT2D eigenvalue weighted by Crippen LogP contribution is -2.59. The molecule has 2 N–H and O–H groups in total. The van der Waals surface area contributed by atoms with Gasteiger partial charge in [0.2, 0.25) is 0 Å². The van der Waals surface area contributed by atoms with E-state index >= 15 is 0 Å². The Bertz CT molecular complexity index is 456. The highest BCUT2D eigenvalue weighted by atomic mass is 32.2. The summed E-state index contributed by atoms with van der Waals surface area (Å²) in [6.45, 7) is 5.18. The third kappa shape index (κ3) is 3.27. The molecule has 3 aliphatic rings. The first-order valence-corrected chi connectivity index (χ1v) is 9.70. The van der Waals surface area contributed by atoms with Crippen molar-refractivity contribution in [2.75, 3.05) is 45.8 Å². The third-order valence-electron chi connectivity index (χ3n) is 5.27. The molecule has 0 aliphatic carbocycles. The van der Waals surface area contributed by atoms with Crippen molar-refractivity contribution < 1.29 is 8.42 Å². The number of hydrogen-bond acceptors (Lipinski definition) is 4. The predicted molar refractivity (Wildman–Crippen MR) is 83.1 cm³/mol. The Morgan fingerprint density at radius 2 is 1.71 bits per heavy atom. The summed E-state index contributed by atoms with van der Waals surface area (Å²) in [7, 11) is -3.29. The molecule has 0 aromatic rings. The van der Waals surface area contributed by atoms with Gasteiger partial charge in [0.05, 0.1) is 0 Å². The Morgan fingerprint density at radius 3 is 2.52 bits per heavy atom. The number of piperazine rings is 1. The van der Waals surface area contributed by atoms with E-state index in [-0.39, 0.29) is 0 Å². The minimum atomic E-state index is -3.29. The van der Waals surface area contributed by atoms with Crippen LogP contribution in [0.5, 0.6) is 0 Å². The lowest BCUT2D eigenvalue weighted by Gasteiger charge is -2.45. The van der Waals surface area contributed by atoms with Crippen molar-refractivity contribution in [2.45, 2.75) is 38.1 Å². The summed E-state index contributed by atoms with van der Waals surface area (Å²) < 4.78 is 29.1. The molecule has 3 saturated heterocycles. The lowest BCUT2D eigenvalue weighted by atomic mass is 10.0. The fraction of sp³-hybridized carbons (Fsp3) is 1.00. The Morgan fingerprint density at radius 1 is 0.905 bits per heavy atom. The first-order chi connectivity index (χ1) is 10.1. The van der Waals surface area contributed by atoms with E-state index in [9.17, 15) is 8.42 Å². The molecule has 0 amide bonds. The number of piperidine rings is 2. The van der Waals surface area contributed by atoms with Gasteiger partial charge < -0.3 is 5.73 Å². The van der Waals surface area contributed by atoms with E-state index < -0.39 is 10.2 Å². The number of fused-ring (bicyclic) bond motifs is 1. The van der Waals surface area contributed by atoms with Crippen LogP contribution in [-0.4, -0.2) is 73.8 Å². The molecule has 6 nitrogen and oxygen atoms in total. The average Bonchev–Trinajstić information content (AvgIpc) is 2.54. The third-order valence-corrected chi connectivity index (χ3v) is 7.24. The van der Waals surface area contributed by atoms with Crippen molar-refractivity contribution in [1.29, 1.82) is 0 Å². The van der Waals surface area contributed by atoms with Gasteiger partial charge in [-0.15, -0.1) is 0 Å². The average molecular weight is 316 g/mol. The van der Waals surface area contributed by atoms with Crippen LogP contribution in [0.4, 0.5) is 0 Å². The monoisotopic (exact) mass is 316 g/mol. The first kappa shape index (κ1) is 15.7. The van der Waals surface area contributed by atoms with E-state index in [1.807, 2.05) is 0 Å². The van der Waals surface area contributed by atoms with Gasteiger partial charge in [-0.2, -0.15) is 17.0 Å². The molecule has 7 heteroatoms. The second-order valence-electron chi connectivity index (χ2n) is 6.65. The van der Waals surface area contributed by atoms with Crippen LogP contribution in [0.2, 0.25) is 0 Å². The molecule has 2 unspecified atom stereocenters. The molecule has 0 radical (unpaired) electrons. The number of rotatable bonds is 3. The summed E-state index contributed by atoms with van der Waals surface area (Å²) in [6.07, 6.45) is 5.61. The van der Waals surface area contributed by atoms with Gasteiger partial charge in [-0.3, -0.25) is 4.90 Å². The zero-order valence-corrected chi connectivity index (χ0v) is 13.6. The molecule has 122 valence electrons. The van der Waals surface area contributed by atoms with Crippen LogP contribution in [0.3, 0.4) is 0 Å². The van der Waals surface area contributed by atoms with Crippen LogP contribution in [0.1, 0.15) is 32.1 Å². The molecular formula is C14H28N4O2S. The smallest absolute Gasteiger partial charge is 0.282 e.